The van der Waals surface area contributed by atoms with Crippen LogP contribution in [0, 0.1) is 5.92 Å². The van der Waals surface area contributed by atoms with E-state index in [0.717, 1.165) is 37.0 Å². The Bertz CT molecular complexity index is 383. The second kappa shape index (κ2) is 5.21. The van der Waals surface area contributed by atoms with Crippen molar-refractivity contribution >= 4 is 5.97 Å². The van der Waals surface area contributed by atoms with Gasteiger partial charge in [0.25, 0.3) is 0 Å². The van der Waals surface area contributed by atoms with Crippen LogP contribution in [0.2, 0.25) is 0 Å². The number of ether oxygens (including phenoxy) is 1. The molecule has 0 aliphatic heterocycles. The van der Waals surface area contributed by atoms with E-state index in [0.29, 0.717) is 0 Å². The number of carboxylic acids is 1. The normalized spacial score (nSPS) is 24.3. The zero-order chi connectivity index (χ0) is 12.3. The van der Waals surface area contributed by atoms with Crippen molar-refractivity contribution in [3.63, 3.8) is 0 Å². The maximum absolute atomic E-state index is 11.2. The Kier molecular flexibility index (Phi) is 3.67. The molecule has 1 saturated carbocycles. The van der Waals surface area contributed by atoms with Crippen LogP contribution in [0.25, 0.3) is 0 Å². The highest BCUT2D eigenvalue weighted by Crippen LogP contribution is 2.38. The SMILES string of the molecule is COc1ccc(C2CCCCC2C(=O)O)cc1. The van der Waals surface area contributed by atoms with Gasteiger partial charge in [-0.1, -0.05) is 25.0 Å². The third kappa shape index (κ3) is 2.60. The van der Waals surface area contributed by atoms with E-state index in [9.17, 15) is 9.90 Å². The number of carbonyl (C=O) groups is 1. The van der Waals surface area contributed by atoms with Crippen LogP contribution in [-0.2, 0) is 4.79 Å². The van der Waals surface area contributed by atoms with Crippen LogP contribution < -0.4 is 4.74 Å². The van der Waals surface area contributed by atoms with Crippen LogP contribution >= 0.6 is 0 Å². The molecule has 0 amide bonds. The van der Waals surface area contributed by atoms with Crippen molar-refractivity contribution < 1.29 is 14.6 Å². The Morgan fingerprint density at radius 3 is 2.47 bits per heavy atom. The average molecular weight is 234 g/mol. The molecule has 0 aromatic heterocycles. The summed E-state index contributed by atoms with van der Waals surface area (Å²) in [6.45, 7) is 0. The number of rotatable bonds is 3. The van der Waals surface area contributed by atoms with Gasteiger partial charge in [-0.3, -0.25) is 4.79 Å². The first-order valence-electron chi connectivity index (χ1n) is 6.09. The zero-order valence-corrected chi connectivity index (χ0v) is 10.1. The van der Waals surface area contributed by atoms with Crippen molar-refractivity contribution in [1.29, 1.82) is 0 Å². The van der Waals surface area contributed by atoms with Crippen LogP contribution in [-0.4, -0.2) is 18.2 Å². The van der Waals surface area contributed by atoms with E-state index in [4.69, 9.17) is 4.74 Å². The molecule has 2 atom stereocenters. The summed E-state index contributed by atoms with van der Waals surface area (Å²) in [7, 11) is 1.63. The molecule has 92 valence electrons. The summed E-state index contributed by atoms with van der Waals surface area (Å²) in [6.07, 6.45) is 3.93. The molecule has 17 heavy (non-hydrogen) atoms. The van der Waals surface area contributed by atoms with Gasteiger partial charge >= 0.3 is 5.97 Å². The van der Waals surface area contributed by atoms with Crippen LogP contribution in [0.4, 0.5) is 0 Å². The first kappa shape index (κ1) is 12.0. The molecule has 0 bridgehead atoms. The Morgan fingerprint density at radius 1 is 1.24 bits per heavy atom. The lowest BCUT2D eigenvalue weighted by Crippen LogP contribution is -2.25. The Hall–Kier alpha value is -1.51. The summed E-state index contributed by atoms with van der Waals surface area (Å²) in [5, 5.41) is 9.25. The van der Waals surface area contributed by atoms with Gasteiger partial charge in [0.2, 0.25) is 0 Å². The standard InChI is InChI=1S/C14H18O3/c1-17-11-8-6-10(7-9-11)12-4-2-3-5-13(12)14(15)16/h6-9,12-13H,2-5H2,1H3,(H,15,16). The summed E-state index contributed by atoms with van der Waals surface area (Å²) >= 11 is 0. The van der Waals surface area contributed by atoms with Crippen LogP contribution in [0.1, 0.15) is 37.2 Å². The maximum Gasteiger partial charge on any atom is 0.307 e. The van der Waals surface area contributed by atoms with Crippen molar-refractivity contribution in [2.75, 3.05) is 7.11 Å². The molecule has 3 heteroatoms. The summed E-state index contributed by atoms with van der Waals surface area (Å²) in [6, 6.07) is 7.79. The van der Waals surface area contributed by atoms with Crippen molar-refractivity contribution in [3.8, 4) is 5.75 Å². The fourth-order valence-electron chi connectivity index (χ4n) is 2.68. The summed E-state index contributed by atoms with van der Waals surface area (Å²) < 4.78 is 5.11. The maximum atomic E-state index is 11.2. The van der Waals surface area contributed by atoms with E-state index in [1.165, 1.54) is 0 Å². The zero-order valence-electron chi connectivity index (χ0n) is 10.1. The Morgan fingerprint density at radius 2 is 1.88 bits per heavy atom. The second-order valence-corrected chi connectivity index (χ2v) is 4.61. The van der Waals surface area contributed by atoms with Crippen molar-refractivity contribution in [2.45, 2.75) is 31.6 Å². The van der Waals surface area contributed by atoms with Crippen LogP contribution in [0.3, 0.4) is 0 Å². The topological polar surface area (TPSA) is 46.5 Å². The highest BCUT2D eigenvalue weighted by Gasteiger charge is 2.31. The predicted molar refractivity (Wildman–Crippen MR) is 65.3 cm³/mol. The molecule has 0 saturated heterocycles. The van der Waals surface area contributed by atoms with Gasteiger partial charge in [-0.05, 0) is 36.5 Å². The summed E-state index contributed by atoms with van der Waals surface area (Å²) in [5.74, 6) is 0.0891. The van der Waals surface area contributed by atoms with Crippen LogP contribution in [0.5, 0.6) is 5.75 Å². The van der Waals surface area contributed by atoms with Gasteiger partial charge in [0.15, 0.2) is 0 Å². The van der Waals surface area contributed by atoms with Crippen molar-refractivity contribution in [1.82, 2.24) is 0 Å². The second-order valence-electron chi connectivity index (χ2n) is 4.61. The molecule has 1 fully saturated rings. The van der Waals surface area contributed by atoms with E-state index >= 15 is 0 Å². The van der Waals surface area contributed by atoms with E-state index in [1.807, 2.05) is 24.3 Å². The van der Waals surface area contributed by atoms with Gasteiger partial charge in [0.05, 0.1) is 13.0 Å². The van der Waals surface area contributed by atoms with Gasteiger partial charge in [0.1, 0.15) is 5.75 Å². The molecule has 0 spiro atoms. The minimum atomic E-state index is -0.662. The molecule has 1 aromatic carbocycles. The molecule has 0 heterocycles. The molecule has 0 radical (unpaired) electrons. The van der Waals surface area contributed by atoms with Crippen molar-refractivity contribution in [2.24, 2.45) is 5.92 Å². The molecule has 1 N–H and O–H groups in total. The molecular weight excluding hydrogens is 216 g/mol. The Balaban J connectivity index is 2.20. The van der Waals surface area contributed by atoms with Gasteiger partial charge in [-0.2, -0.15) is 0 Å². The fourth-order valence-corrected chi connectivity index (χ4v) is 2.68. The highest BCUT2D eigenvalue weighted by atomic mass is 16.5. The lowest BCUT2D eigenvalue weighted by atomic mass is 9.75. The number of carboxylic acid groups (broad SMARTS) is 1. The monoisotopic (exact) mass is 234 g/mol. The Labute approximate surface area is 101 Å². The van der Waals surface area contributed by atoms with E-state index < -0.39 is 5.97 Å². The molecule has 1 aliphatic carbocycles. The first-order valence-corrected chi connectivity index (χ1v) is 6.09. The predicted octanol–water partition coefficient (Wildman–Crippen LogP) is 3.05. The molecule has 1 aromatic rings. The number of aliphatic carboxylic acids is 1. The fraction of sp³-hybridized carbons (Fsp3) is 0.500. The third-order valence-electron chi connectivity index (χ3n) is 3.63. The molecule has 1 aliphatic rings. The quantitative estimate of drug-likeness (QED) is 0.874. The van der Waals surface area contributed by atoms with Crippen molar-refractivity contribution in [3.05, 3.63) is 29.8 Å². The average Bonchev–Trinajstić information content (AvgIpc) is 2.39. The molecular formula is C14H18O3. The van der Waals surface area contributed by atoms with Gasteiger partial charge < -0.3 is 9.84 Å². The summed E-state index contributed by atoms with van der Waals surface area (Å²) in [5.41, 5.74) is 1.12. The molecule has 2 rings (SSSR count). The molecule has 3 nitrogen and oxygen atoms in total. The van der Waals surface area contributed by atoms with E-state index in [1.54, 1.807) is 7.11 Å². The summed E-state index contributed by atoms with van der Waals surface area (Å²) in [4.78, 5) is 11.2. The van der Waals surface area contributed by atoms with Crippen LogP contribution in [0.15, 0.2) is 24.3 Å². The third-order valence-corrected chi connectivity index (χ3v) is 3.63. The number of hydrogen-bond acceptors (Lipinski definition) is 2. The number of hydrogen-bond donors (Lipinski definition) is 1. The van der Waals surface area contributed by atoms with E-state index in [2.05, 4.69) is 0 Å². The minimum Gasteiger partial charge on any atom is -0.497 e. The number of methoxy groups -OCH3 is 1. The smallest absolute Gasteiger partial charge is 0.307 e. The van der Waals surface area contributed by atoms with Gasteiger partial charge in [-0.15, -0.1) is 0 Å². The lowest BCUT2D eigenvalue weighted by Gasteiger charge is -2.28. The first-order chi connectivity index (χ1) is 8.22. The minimum absolute atomic E-state index is 0.159. The van der Waals surface area contributed by atoms with Gasteiger partial charge in [-0.25, -0.2) is 0 Å². The van der Waals surface area contributed by atoms with Gasteiger partial charge in [0, 0.05) is 0 Å². The largest absolute Gasteiger partial charge is 0.497 e. The number of benzene rings is 1. The molecule has 2 unspecified atom stereocenters. The lowest BCUT2D eigenvalue weighted by molar-refractivity contribution is -0.143. The highest BCUT2D eigenvalue weighted by molar-refractivity contribution is 5.71. The van der Waals surface area contributed by atoms with E-state index in [-0.39, 0.29) is 11.8 Å².